The lowest BCUT2D eigenvalue weighted by atomic mass is 9.76. The molecule has 4 nitrogen and oxygen atoms in total. The Morgan fingerprint density at radius 2 is 1.79 bits per heavy atom. The van der Waals surface area contributed by atoms with Gasteiger partial charge in [0.05, 0.1) is 6.61 Å². The fourth-order valence-electron chi connectivity index (χ4n) is 2.39. The predicted octanol–water partition coefficient (Wildman–Crippen LogP) is 3.64. The Kier molecular flexibility index (Phi) is 8.44. The minimum atomic E-state index is -1.36. The van der Waals surface area contributed by atoms with E-state index in [4.69, 9.17) is 4.74 Å². The zero-order chi connectivity index (χ0) is 14.9. The molecule has 0 aliphatic rings. The normalized spacial score (nSPS) is 14.2. The maximum atomic E-state index is 12.1. The Balaban J connectivity index is 4.92. The zero-order valence-corrected chi connectivity index (χ0v) is 12.7. The lowest BCUT2D eigenvalue weighted by Crippen LogP contribution is -2.42. The zero-order valence-electron chi connectivity index (χ0n) is 12.7. The van der Waals surface area contributed by atoms with E-state index < -0.39 is 17.4 Å². The van der Waals surface area contributed by atoms with Crippen molar-refractivity contribution in [2.75, 3.05) is 6.61 Å². The summed E-state index contributed by atoms with van der Waals surface area (Å²) in [6.07, 6.45) is 4.59. The second-order valence-corrected chi connectivity index (χ2v) is 5.52. The average Bonchev–Trinajstić information content (AvgIpc) is 2.32. The summed E-state index contributed by atoms with van der Waals surface area (Å²) in [6.45, 7) is 7.90. The number of aliphatic carboxylic acids is 1. The van der Waals surface area contributed by atoms with E-state index in [0.717, 1.165) is 25.7 Å². The monoisotopic (exact) mass is 272 g/mol. The van der Waals surface area contributed by atoms with Gasteiger partial charge < -0.3 is 9.84 Å². The molecule has 1 atom stereocenters. The van der Waals surface area contributed by atoms with Crippen molar-refractivity contribution in [3.8, 4) is 0 Å². The van der Waals surface area contributed by atoms with Gasteiger partial charge in [-0.15, -0.1) is 0 Å². The van der Waals surface area contributed by atoms with Crippen molar-refractivity contribution in [1.82, 2.24) is 0 Å². The third kappa shape index (κ3) is 5.62. The van der Waals surface area contributed by atoms with Crippen LogP contribution in [0.1, 0.15) is 66.2 Å². The maximum Gasteiger partial charge on any atom is 0.323 e. The lowest BCUT2D eigenvalue weighted by Gasteiger charge is -2.28. The fourth-order valence-corrected chi connectivity index (χ4v) is 2.39. The number of hydrogen-bond acceptors (Lipinski definition) is 3. The van der Waals surface area contributed by atoms with Gasteiger partial charge in [0.2, 0.25) is 0 Å². The summed E-state index contributed by atoms with van der Waals surface area (Å²) in [5, 5.41) is 9.53. The van der Waals surface area contributed by atoms with Gasteiger partial charge >= 0.3 is 11.9 Å². The molecule has 0 radical (unpaired) electrons. The highest BCUT2D eigenvalue weighted by Gasteiger charge is 2.47. The molecule has 0 heterocycles. The first-order chi connectivity index (χ1) is 8.90. The Morgan fingerprint density at radius 1 is 1.16 bits per heavy atom. The minimum Gasteiger partial charge on any atom is -0.480 e. The van der Waals surface area contributed by atoms with E-state index in [1.165, 1.54) is 0 Å². The molecule has 0 aromatic heterocycles. The van der Waals surface area contributed by atoms with Gasteiger partial charge in [-0.05, 0) is 25.7 Å². The second-order valence-electron chi connectivity index (χ2n) is 5.52. The van der Waals surface area contributed by atoms with Crippen LogP contribution >= 0.6 is 0 Å². The van der Waals surface area contributed by atoms with Crippen molar-refractivity contribution in [2.45, 2.75) is 66.2 Å². The van der Waals surface area contributed by atoms with E-state index in [1.54, 1.807) is 6.92 Å². The Morgan fingerprint density at radius 3 is 2.21 bits per heavy atom. The molecule has 1 unspecified atom stereocenters. The van der Waals surface area contributed by atoms with Gasteiger partial charge in [-0.2, -0.15) is 0 Å². The molecule has 0 aromatic rings. The van der Waals surface area contributed by atoms with Crippen LogP contribution in [0.3, 0.4) is 0 Å². The summed E-state index contributed by atoms with van der Waals surface area (Å²) in [5.74, 6) is -1.48. The summed E-state index contributed by atoms with van der Waals surface area (Å²) >= 11 is 0. The number of rotatable bonds is 10. The molecule has 1 N–H and O–H groups in total. The van der Waals surface area contributed by atoms with Crippen LogP contribution in [0.15, 0.2) is 0 Å². The van der Waals surface area contributed by atoms with Crippen LogP contribution in [0.25, 0.3) is 0 Å². The summed E-state index contributed by atoms with van der Waals surface area (Å²) in [4.78, 5) is 23.7. The Labute approximate surface area is 116 Å². The predicted molar refractivity (Wildman–Crippen MR) is 74.9 cm³/mol. The minimum absolute atomic E-state index is 0.145. The summed E-state index contributed by atoms with van der Waals surface area (Å²) in [6, 6.07) is 0. The van der Waals surface area contributed by atoms with Crippen LogP contribution < -0.4 is 0 Å². The van der Waals surface area contributed by atoms with E-state index >= 15 is 0 Å². The average molecular weight is 272 g/mol. The standard InChI is InChI=1S/C15H28O4/c1-5-7-8-9-10-15(13(16)17,11-12(3)4)14(18)19-6-2/h12H,5-11H2,1-4H3,(H,16,17). The number of unbranched alkanes of at least 4 members (excludes halogenated alkanes) is 3. The molecule has 112 valence electrons. The highest BCUT2D eigenvalue weighted by molar-refractivity contribution is 5.99. The van der Waals surface area contributed by atoms with Gasteiger partial charge in [0, 0.05) is 0 Å². The lowest BCUT2D eigenvalue weighted by molar-refractivity contribution is -0.170. The number of carbonyl (C=O) groups excluding carboxylic acids is 1. The molecule has 4 heteroatoms. The SMILES string of the molecule is CCCCCCC(CC(C)C)(C(=O)O)C(=O)OCC. The molecule has 19 heavy (non-hydrogen) atoms. The van der Waals surface area contributed by atoms with Crippen molar-refractivity contribution < 1.29 is 19.4 Å². The van der Waals surface area contributed by atoms with E-state index in [9.17, 15) is 14.7 Å². The third-order valence-corrected chi connectivity index (χ3v) is 3.29. The van der Waals surface area contributed by atoms with Crippen LogP contribution in [0, 0.1) is 11.3 Å². The van der Waals surface area contributed by atoms with Crippen molar-refractivity contribution in [1.29, 1.82) is 0 Å². The van der Waals surface area contributed by atoms with Gasteiger partial charge in [-0.25, -0.2) is 0 Å². The number of carboxylic acid groups (broad SMARTS) is 1. The molecule has 0 aliphatic heterocycles. The first-order valence-electron chi connectivity index (χ1n) is 7.31. The van der Waals surface area contributed by atoms with Gasteiger partial charge in [-0.1, -0.05) is 46.5 Å². The molecule has 0 saturated heterocycles. The fraction of sp³-hybridized carbons (Fsp3) is 0.867. The number of ether oxygens (including phenoxy) is 1. The van der Waals surface area contributed by atoms with E-state index in [0.29, 0.717) is 12.8 Å². The van der Waals surface area contributed by atoms with Crippen molar-refractivity contribution in [3.05, 3.63) is 0 Å². The molecule has 0 aliphatic carbocycles. The largest absolute Gasteiger partial charge is 0.480 e. The number of hydrogen-bond donors (Lipinski definition) is 1. The van der Waals surface area contributed by atoms with E-state index in [2.05, 4.69) is 6.92 Å². The molecule has 0 amide bonds. The van der Waals surface area contributed by atoms with Gasteiger partial charge in [0.25, 0.3) is 0 Å². The Hall–Kier alpha value is -1.06. The molecule has 0 saturated carbocycles. The molecule has 0 fully saturated rings. The van der Waals surface area contributed by atoms with Crippen LogP contribution in [0.4, 0.5) is 0 Å². The molecular formula is C15H28O4. The molecule has 0 rings (SSSR count). The van der Waals surface area contributed by atoms with Crippen LogP contribution in [0.2, 0.25) is 0 Å². The highest BCUT2D eigenvalue weighted by atomic mass is 16.5. The third-order valence-electron chi connectivity index (χ3n) is 3.29. The maximum absolute atomic E-state index is 12.1. The molecule has 0 spiro atoms. The van der Waals surface area contributed by atoms with Gasteiger partial charge in [0.15, 0.2) is 5.41 Å². The highest BCUT2D eigenvalue weighted by Crippen LogP contribution is 2.35. The Bertz CT molecular complexity index is 286. The number of carboxylic acids is 1. The molecular weight excluding hydrogens is 244 g/mol. The van der Waals surface area contributed by atoms with E-state index in [-0.39, 0.29) is 12.5 Å². The quantitative estimate of drug-likeness (QED) is 0.374. The smallest absolute Gasteiger partial charge is 0.323 e. The first-order valence-corrected chi connectivity index (χ1v) is 7.31. The molecule has 0 bridgehead atoms. The van der Waals surface area contributed by atoms with Crippen molar-refractivity contribution in [2.24, 2.45) is 11.3 Å². The van der Waals surface area contributed by atoms with Crippen LogP contribution in [-0.2, 0) is 14.3 Å². The number of carbonyl (C=O) groups is 2. The summed E-state index contributed by atoms with van der Waals surface area (Å²) in [5.41, 5.74) is -1.36. The van der Waals surface area contributed by atoms with Crippen molar-refractivity contribution in [3.63, 3.8) is 0 Å². The van der Waals surface area contributed by atoms with Crippen LogP contribution in [0.5, 0.6) is 0 Å². The summed E-state index contributed by atoms with van der Waals surface area (Å²) in [7, 11) is 0. The number of esters is 1. The second kappa shape index (κ2) is 8.94. The summed E-state index contributed by atoms with van der Waals surface area (Å²) < 4.78 is 5.01. The van der Waals surface area contributed by atoms with E-state index in [1.807, 2.05) is 13.8 Å². The topological polar surface area (TPSA) is 63.6 Å². The molecule has 0 aromatic carbocycles. The van der Waals surface area contributed by atoms with Crippen LogP contribution in [-0.4, -0.2) is 23.7 Å². The van der Waals surface area contributed by atoms with Gasteiger partial charge in [-0.3, -0.25) is 9.59 Å². The van der Waals surface area contributed by atoms with Crippen molar-refractivity contribution >= 4 is 11.9 Å². The first kappa shape index (κ1) is 17.9. The van der Waals surface area contributed by atoms with Gasteiger partial charge in [0.1, 0.15) is 0 Å².